The molecule has 0 aliphatic carbocycles. The van der Waals surface area contributed by atoms with Crippen LogP contribution in [0.3, 0.4) is 0 Å². The molecule has 2 aliphatic rings. The molecule has 2 aliphatic heterocycles. The maximum atomic E-state index is 10.5. The third kappa shape index (κ3) is 3.82. The molecule has 5 rings (SSSR count). The number of benzene rings is 3. The minimum Gasteiger partial charge on any atom is -0.508 e. The van der Waals surface area contributed by atoms with E-state index in [1.165, 1.54) is 0 Å². The number of hydrogen-bond acceptors (Lipinski definition) is 6. The van der Waals surface area contributed by atoms with Crippen molar-refractivity contribution in [1.82, 2.24) is 5.32 Å². The average molecular weight is 416 g/mol. The Balaban J connectivity index is 1.58. The number of fused-ring (bicyclic) bond motifs is 1. The van der Waals surface area contributed by atoms with E-state index in [0.29, 0.717) is 13.0 Å². The summed E-state index contributed by atoms with van der Waals surface area (Å²) in [6.45, 7) is 2.78. The van der Waals surface area contributed by atoms with Gasteiger partial charge >= 0.3 is 0 Å². The van der Waals surface area contributed by atoms with Crippen molar-refractivity contribution in [3.8, 4) is 23.0 Å². The van der Waals surface area contributed by atoms with Crippen LogP contribution in [0.25, 0.3) is 0 Å². The molecule has 3 aromatic carbocycles. The summed E-state index contributed by atoms with van der Waals surface area (Å²) in [5, 5.41) is 14.1. The fourth-order valence-corrected chi connectivity index (χ4v) is 4.09. The smallest absolute Gasteiger partial charge is 0.231 e. The molecule has 0 spiro atoms. The molecule has 0 aromatic heterocycles. The topological polar surface area (TPSA) is 72.3 Å². The van der Waals surface area contributed by atoms with Crippen LogP contribution in [0.15, 0.2) is 71.7 Å². The predicted molar refractivity (Wildman–Crippen MR) is 118 cm³/mol. The first kappa shape index (κ1) is 19.5. The molecule has 0 saturated carbocycles. The molecule has 2 atom stereocenters. The van der Waals surface area contributed by atoms with Crippen molar-refractivity contribution in [2.75, 3.05) is 13.4 Å². The van der Waals surface area contributed by atoms with E-state index in [-0.39, 0.29) is 24.8 Å². The van der Waals surface area contributed by atoms with E-state index in [1.807, 2.05) is 67.6 Å². The molecule has 3 aromatic rings. The molecule has 0 fully saturated rings. The normalized spacial score (nSPS) is 19.7. The quantitative estimate of drug-likeness (QED) is 0.628. The Kier molecular flexibility index (Phi) is 5.22. The second kappa shape index (κ2) is 8.32. The van der Waals surface area contributed by atoms with Gasteiger partial charge in [0.05, 0.1) is 6.61 Å². The molecule has 0 saturated heterocycles. The molecule has 31 heavy (non-hydrogen) atoms. The van der Waals surface area contributed by atoms with Gasteiger partial charge < -0.3 is 19.3 Å². The van der Waals surface area contributed by atoms with Gasteiger partial charge in [-0.1, -0.05) is 36.4 Å². The van der Waals surface area contributed by atoms with Crippen LogP contribution in [0.4, 0.5) is 0 Å². The molecule has 2 N–H and O–H groups in total. The molecule has 0 radical (unpaired) electrons. The highest BCUT2D eigenvalue weighted by Crippen LogP contribution is 2.38. The largest absolute Gasteiger partial charge is 0.508 e. The fourth-order valence-electron chi connectivity index (χ4n) is 4.09. The lowest BCUT2D eigenvalue weighted by Crippen LogP contribution is -2.33. The Morgan fingerprint density at radius 1 is 1.00 bits per heavy atom. The van der Waals surface area contributed by atoms with Crippen LogP contribution in [-0.2, 0) is 0 Å². The summed E-state index contributed by atoms with van der Waals surface area (Å²) in [4.78, 5) is 5.04. The summed E-state index contributed by atoms with van der Waals surface area (Å²) in [6.07, 6.45) is 0.311. The molecular weight excluding hydrogens is 392 g/mol. The van der Waals surface area contributed by atoms with Gasteiger partial charge in [-0.25, -0.2) is 0 Å². The summed E-state index contributed by atoms with van der Waals surface area (Å²) >= 11 is 0. The average Bonchev–Trinajstić information content (AvgIpc) is 3.28. The van der Waals surface area contributed by atoms with E-state index in [2.05, 4.69) is 5.32 Å². The second-order valence-electron chi connectivity index (χ2n) is 7.50. The third-order valence-corrected chi connectivity index (χ3v) is 5.57. The number of para-hydroxylation sites is 2. The first-order valence-corrected chi connectivity index (χ1v) is 10.5. The van der Waals surface area contributed by atoms with Gasteiger partial charge in [0.2, 0.25) is 6.79 Å². The lowest BCUT2D eigenvalue weighted by molar-refractivity contribution is 0.174. The lowest BCUT2D eigenvalue weighted by atomic mass is 9.93. The van der Waals surface area contributed by atoms with Crippen molar-refractivity contribution in [1.29, 1.82) is 0 Å². The number of phenols is 1. The van der Waals surface area contributed by atoms with Crippen molar-refractivity contribution < 1.29 is 19.3 Å². The Hall–Kier alpha value is -3.51. The van der Waals surface area contributed by atoms with Crippen molar-refractivity contribution in [2.24, 2.45) is 4.99 Å². The summed E-state index contributed by atoms with van der Waals surface area (Å²) in [5.41, 5.74) is 3.71. The molecular formula is C25H24N2O4. The number of ether oxygens (including phenoxy) is 3. The predicted octanol–water partition coefficient (Wildman–Crippen LogP) is 4.74. The lowest BCUT2D eigenvalue weighted by Gasteiger charge is -2.31. The van der Waals surface area contributed by atoms with Crippen LogP contribution in [0, 0.1) is 0 Å². The zero-order valence-corrected chi connectivity index (χ0v) is 17.2. The molecule has 158 valence electrons. The Labute approximate surface area is 181 Å². The molecule has 2 unspecified atom stereocenters. The Morgan fingerprint density at radius 2 is 1.77 bits per heavy atom. The maximum Gasteiger partial charge on any atom is 0.231 e. The fraction of sp³-hybridized carbons (Fsp3) is 0.240. The van der Waals surface area contributed by atoms with Crippen molar-refractivity contribution >= 4 is 5.71 Å². The zero-order chi connectivity index (χ0) is 21.2. The van der Waals surface area contributed by atoms with Crippen LogP contribution in [0.5, 0.6) is 23.0 Å². The number of hydrogen-bond donors (Lipinski definition) is 2. The number of aliphatic imine (C=N–C) groups is 1. The summed E-state index contributed by atoms with van der Waals surface area (Å²) in [5.74, 6) is 2.54. The van der Waals surface area contributed by atoms with Crippen molar-refractivity contribution in [2.45, 2.75) is 25.6 Å². The van der Waals surface area contributed by atoms with Gasteiger partial charge in [-0.15, -0.1) is 0 Å². The molecule has 0 amide bonds. The minimum atomic E-state index is -0.318. The van der Waals surface area contributed by atoms with E-state index in [0.717, 1.165) is 39.7 Å². The summed E-state index contributed by atoms with van der Waals surface area (Å²) < 4.78 is 16.9. The molecule has 2 heterocycles. The van der Waals surface area contributed by atoms with Gasteiger partial charge in [-0.3, -0.25) is 10.3 Å². The first-order valence-electron chi connectivity index (χ1n) is 10.5. The highest BCUT2D eigenvalue weighted by atomic mass is 16.7. The van der Waals surface area contributed by atoms with Crippen molar-refractivity contribution in [3.05, 3.63) is 83.4 Å². The van der Waals surface area contributed by atoms with E-state index >= 15 is 0 Å². The highest BCUT2D eigenvalue weighted by molar-refractivity contribution is 6.02. The van der Waals surface area contributed by atoms with Crippen LogP contribution < -0.4 is 19.5 Å². The molecule has 6 nitrogen and oxygen atoms in total. The first-order chi connectivity index (χ1) is 15.2. The van der Waals surface area contributed by atoms with Crippen LogP contribution >= 0.6 is 0 Å². The third-order valence-electron chi connectivity index (χ3n) is 5.57. The van der Waals surface area contributed by atoms with Crippen molar-refractivity contribution in [3.63, 3.8) is 0 Å². The van der Waals surface area contributed by atoms with E-state index in [4.69, 9.17) is 19.2 Å². The highest BCUT2D eigenvalue weighted by Gasteiger charge is 2.29. The minimum absolute atomic E-state index is 0.112. The Morgan fingerprint density at radius 3 is 2.61 bits per heavy atom. The van der Waals surface area contributed by atoms with Gasteiger partial charge in [-0.05, 0) is 42.8 Å². The summed E-state index contributed by atoms with van der Waals surface area (Å²) in [6, 6.07) is 21.1. The SMILES string of the molecule is CCOc1ccccc1C1N=C(c2ccc3c(c2)OCO3)CC(c2ccccc2O)N1. The number of aromatic hydroxyl groups is 1. The number of nitrogens with zero attached hydrogens (tertiary/aromatic N) is 1. The monoisotopic (exact) mass is 416 g/mol. The number of rotatable bonds is 5. The van der Waals surface area contributed by atoms with E-state index in [1.54, 1.807) is 6.07 Å². The van der Waals surface area contributed by atoms with Gasteiger partial charge in [0.25, 0.3) is 0 Å². The van der Waals surface area contributed by atoms with Crippen LogP contribution in [0.1, 0.15) is 42.2 Å². The Bertz CT molecular complexity index is 1130. The van der Waals surface area contributed by atoms with Gasteiger partial charge in [0.15, 0.2) is 11.5 Å². The van der Waals surface area contributed by atoms with Gasteiger partial charge in [-0.2, -0.15) is 0 Å². The van der Waals surface area contributed by atoms with Crippen LogP contribution in [-0.4, -0.2) is 24.2 Å². The van der Waals surface area contributed by atoms with E-state index < -0.39 is 0 Å². The number of phenolic OH excluding ortho intramolecular Hbond substituents is 1. The van der Waals surface area contributed by atoms with E-state index in [9.17, 15) is 5.11 Å². The molecule has 0 bridgehead atoms. The second-order valence-corrected chi connectivity index (χ2v) is 7.50. The van der Waals surface area contributed by atoms with Gasteiger partial charge in [0.1, 0.15) is 17.7 Å². The maximum absolute atomic E-state index is 10.5. The number of nitrogens with one attached hydrogen (secondary N) is 1. The zero-order valence-electron chi connectivity index (χ0n) is 17.2. The van der Waals surface area contributed by atoms with Gasteiger partial charge in [0, 0.05) is 29.3 Å². The molecule has 6 heteroatoms. The summed E-state index contributed by atoms with van der Waals surface area (Å²) in [7, 11) is 0. The van der Waals surface area contributed by atoms with Crippen LogP contribution in [0.2, 0.25) is 0 Å². The standard InChI is InChI=1S/C25H24N2O4/c1-2-29-22-10-6-4-8-18(22)25-26-19(16-11-12-23-24(13-16)31-15-30-23)14-20(27-25)17-7-3-5-9-21(17)28/h3-13,20,25,27-28H,2,14-15H2,1H3.